The lowest BCUT2D eigenvalue weighted by Gasteiger charge is -2.46. The SMILES string of the molecule is CCCCCCCCC/C=C\CCCCCCCCCC(=O)NC(COC1OC(CO)C(OC2OC(CO)C(O)C(O)C2O)C(O)C1O)C(O)CCCCCCCCCCCCCCC. The molecule has 12 atom stereocenters. The molecular weight excluding hydrogens is 835 g/mol. The van der Waals surface area contributed by atoms with Gasteiger partial charge >= 0.3 is 0 Å². The van der Waals surface area contributed by atoms with Gasteiger partial charge in [-0.25, -0.2) is 0 Å². The maximum absolute atomic E-state index is 13.2. The van der Waals surface area contributed by atoms with E-state index >= 15 is 0 Å². The molecule has 9 N–H and O–H groups in total. The van der Waals surface area contributed by atoms with Crippen molar-refractivity contribution < 1.29 is 64.6 Å². The van der Waals surface area contributed by atoms with E-state index in [2.05, 4.69) is 31.3 Å². The fourth-order valence-electron chi connectivity index (χ4n) is 8.88. The Morgan fingerprint density at radius 2 is 0.969 bits per heavy atom. The number of aliphatic hydroxyl groups is 8. The predicted octanol–water partition coefficient (Wildman–Crippen LogP) is 7.16. The first-order chi connectivity index (χ1) is 31.6. The van der Waals surface area contributed by atoms with Gasteiger partial charge in [-0.2, -0.15) is 0 Å². The number of hydrogen-bond acceptors (Lipinski definition) is 13. The number of aliphatic hydroxyl groups excluding tert-OH is 8. The smallest absolute Gasteiger partial charge is 0.220 e. The minimum atomic E-state index is -1.78. The van der Waals surface area contributed by atoms with Gasteiger partial charge in [0.25, 0.3) is 0 Å². The van der Waals surface area contributed by atoms with Gasteiger partial charge in [-0.05, 0) is 38.5 Å². The number of hydrogen-bond donors (Lipinski definition) is 9. The topological polar surface area (TPSA) is 228 Å². The summed E-state index contributed by atoms with van der Waals surface area (Å²) in [6.07, 6.45) is 23.5. The van der Waals surface area contributed by atoms with E-state index in [9.17, 15) is 45.6 Å². The molecule has 0 bridgehead atoms. The number of carbonyl (C=O) groups excluding carboxylic acids is 1. The lowest BCUT2D eigenvalue weighted by Crippen LogP contribution is -2.65. The molecule has 0 aromatic rings. The summed E-state index contributed by atoms with van der Waals surface area (Å²) < 4.78 is 22.8. The van der Waals surface area contributed by atoms with Gasteiger partial charge in [0.05, 0.1) is 32.0 Å². The maximum atomic E-state index is 13.2. The van der Waals surface area contributed by atoms with Crippen LogP contribution in [0, 0.1) is 0 Å². The summed E-state index contributed by atoms with van der Waals surface area (Å²) in [5.41, 5.74) is 0. The van der Waals surface area contributed by atoms with Crippen LogP contribution in [0.2, 0.25) is 0 Å². The molecule has 0 aromatic carbocycles. The molecule has 12 unspecified atom stereocenters. The van der Waals surface area contributed by atoms with Crippen LogP contribution in [0.5, 0.6) is 0 Å². The van der Waals surface area contributed by atoms with Gasteiger partial charge in [-0.15, -0.1) is 0 Å². The molecule has 2 saturated heterocycles. The Balaban J connectivity index is 1.81. The van der Waals surface area contributed by atoms with Crippen molar-refractivity contribution in [2.75, 3.05) is 19.8 Å². The van der Waals surface area contributed by atoms with Gasteiger partial charge in [0.2, 0.25) is 5.91 Å². The van der Waals surface area contributed by atoms with Crippen LogP contribution in [0.3, 0.4) is 0 Å². The van der Waals surface area contributed by atoms with Crippen molar-refractivity contribution in [1.82, 2.24) is 5.32 Å². The van der Waals surface area contributed by atoms with Crippen molar-refractivity contribution in [2.24, 2.45) is 0 Å². The quantitative estimate of drug-likeness (QED) is 0.0219. The summed E-state index contributed by atoms with van der Waals surface area (Å²) in [5.74, 6) is -0.210. The first kappa shape index (κ1) is 59.9. The molecular formula is C51H97NO13. The molecule has 2 heterocycles. The first-order valence-electron chi connectivity index (χ1n) is 26.4. The van der Waals surface area contributed by atoms with Crippen LogP contribution >= 0.6 is 0 Å². The van der Waals surface area contributed by atoms with Crippen LogP contribution in [0.1, 0.15) is 213 Å². The molecule has 384 valence electrons. The Hall–Kier alpha value is -1.27. The van der Waals surface area contributed by atoms with E-state index in [0.717, 1.165) is 57.8 Å². The summed E-state index contributed by atoms with van der Waals surface area (Å²) in [4.78, 5) is 13.2. The van der Waals surface area contributed by atoms with Crippen molar-refractivity contribution in [3.05, 3.63) is 12.2 Å². The summed E-state index contributed by atoms with van der Waals surface area (Å²) in [7, 11) is 0. The second kappa shape index (κ2) is 38.6. The van der Waals surface area contributed by atoms with Crippen LogP contribution in [0.15, 0.2) is 12.2 Å². The zero-order valence-corrected chi connectivity index (χ0v) is 40.7. The van der Waals surface area contributed by atoms with Gasteiger partial charge in [-0.3, -0.25) is 4.79 Å². The third kappa shape index (κ3) is 25.8. The summed E-state index contributed by atoms with van der Waals surface area (Å²) >= 11 is 0. The van der Waals surface area contributed by atoms with Crippen molar-refractivity contribution in [3.8, 4) is 0 Å². The van der Waals surface area contributed by atoms with Crippen LogP contribution in [0.25, 0.3) is 0 Å². The Bertz CT molecular complexity index is 1150. The zero-order chi connectivity index (χ0) is 47.5. The molecule has 2 aliphatic heterocycles. The number of rotatable bonds is 41. The molecule has 0 aromatic heterocycles. The number of nitrogens with one attached hydrogen (secondary N) is 1. The van der Waals surface area contributed by atoms with E-state index in [1.165, 1.54) is 128 Å². The monoisotopic (exact) mass is 932 g/mol. The Kier molecular flexibility index (Phi) is 35.5. The fourth-order valence-corrected chi connectivity index (χ4v) is 8.88. The third-order valence-electron chi connectivity index (χ3n) is 13.2. The van der Waals surface area contributed by atoms with E-state index in [1.54, 1.807) is 0 Å². The largest absolute Gasteiger partial charge is 0.394 e. The molecule has 0 aliphatic carbocycles. The van der Waals surface area contributed by atoms with Crippen LogP contribution in [-0.2, 0) is 23.7 Å². The van der Waals surface area contributed by atoms with Crippen molar-refractivity contribution in [2.45, 2.75) is 286 Å². The molecule has 65 heavy (non-hydrogen) atoms. The van der Waals surface area contributed by atoms with Gasteiger partial charge in [0.1, 0.15) is 48.8 Å². The Morgan fingerprint density at radius 3 is 1.46 bits per heavy atom. The second-order valence-electron chi connectivity index (χ2n) is 19.0. The molecule has 0 saturated carbocycles. The lowest BCUT2D eigenvalue weighted by molar-refractivity contribution is -0.359. The van der Waals surface area contributed by atoms with Gasteiger partial charge in [0, 0.05) is 6.42 Å². The van der Waals surface area contributed by atoms with Gasteiger partial charge in [0.15, 0.2) is 12.6 Å². The van der Waals surface area contributed by atoms with E-state index < -0.39 is 86.8 Å². The fraction of sp³-hybridized carbons (Fsp3) is 0.941. The molecule has 2 rings (SSSR count). The van der Waals surface area contributed by atoms with Crippen LogP contribution in [0.4, 0.5) is 0 Å². The normalized spacial score (nSPS) is 27.0. The highest BCUT2D eigenvalue weighted by molar-refractivity contribution is 5.76. The number of amides is 1. The van der Waals surface area contributed by atoms with Crippen molar-refractivity contribution in [1.29, 1.82) is 0 Å². The number of ether oxygens (including phenoxy) is 4. The molecule has 0 radical (unpaired) electrons. The zero-order valence-electron chi connectivity index (χ0n) is 40.7. The Labute approximate surface area is 393 Å². The molecule has 2 aliphatic rings. The highest BCUT2D eigenvalue weighted by Crippen LogP contribution is 2.30. The second-order valence-corrected chi connectivity index (χ2v) is 19.0. The lowest BCUT2D eigenvalue weighted by atomic mass is 9.97. The number of unbranched alkanes of at least 4 members (excludes halogenated alkanes) is 26. The van der Waals surface area contributed by atoms with Crippen molar-refractivity contribution in [3.63, 3.8) is 0 Å². The average Bonchev–Trinajstić information content (AvgIpc) is 3.30. The highest BCUT2D eigenvalue weighted by atomic mass is 16.7. The molecule has 14 nitrogen and oxygen atoms in total. The highest BCUT2D eigenvalue weighted by Gasteiger charge is 2.51. The average molecular weight is 932 g/mol. The maximum Gasteiger partial charge on any atom is 0.220 e. The molecule has 2 fully saturated rings. The third-order valence-corrected chi connectivity index (χ3v) is 13.2. The van der Waals surface area contributed by atoms with E-state index in [4.69, 9.17) is 18.9 Å². The number of allylic oxidation sites excluding steroid dienone is 2. The first-order valence-corrected chi connectivity index (χ1v) is 26.4. The van der Waals surface area contributed by atoms with E-state index in [1.807, 2.05) is 0 Å². The number of carbonyl (C=O) groups is 1. The van der Waals surface area contributed by atoms with Crippen molar-refractivity contribution >= 4 is 5.91 Å². The standard InChI is InChI=1S/C51H97NO13/c1-3-5-7-9-11-13-15-17-18-19-20-21-23-25-27-29-31-33-35-43(56)52-39(40(55)34-32-30-28-26-24-22-16-14-12-10-8-6-4-2)38-62-50-48(61)46(59)49(42(37-54)64-50)65-51-47(60)45(58)44(57)41(36-53)63-51/h18-19,39-42,44-51,53-55,57-61H,3-17,20-38H2,1-2H3,(H,52,56)/b19-18-. The predicted molar refractivity (Wildman–Crippen MR) is 254 cm³/mol. The summed E-state index contributed by atoms with van der Waals surface area (Å²) in [6, 6.07) is -0.826. The van der Waals surface area contributed by atoms with Crippen LogP contribution in [-0.4, -0.2) is 140 Å². The van der Waals surface area contributed by atoms with Gasteiger partial charge in [-0.1, -0.05) is 180 Å². The minimum absolute atomic E-state index is 0.210. The minimum Gasteiger partial charge on any atom is -0.394 e. The molecule has 14 heteroatoms. The van der Waals surface area contributed by atoms with Crippen LogP contribution < -0.4 is 5.32 Å². The summed E-state index contributed by atoms with van der Waals surface area (Å²) in [6.45, 7) is 2.85. The Morgan fingerprint density at radius 1 is 0.538 bits per heavy atom. The van der Waals surface area contributed by atoms with E-state index in [0.29, 0.717) is 12.8 Å². The summed E-state index contributed by atoms with van der Waals surface area (Å²) in [5, 5.41) is 86.9. The molecule has 1 amide bonds. The van der Waals surface area contributed by atoms with E-state index in [-0.39, 0.29) is 12.5 Å². The van der Waals surface area contributed by atoms with Gasteiger partial charge < -0.3 is 65.1 Å². The molecule has 0 spiro atoms.